The molecule has 2 aromatic rings. The molecule has 80 valence electrons. The van der Waals surface area contributed by atoms with E-state index in [2.05, 4.69) is 23.2 Å². The van der Waals surface area contributed by atoms with Gasteiger partial charge in [-0.15, -0.1) is 0 Å². The highest BCUT2D eigenvalue weighted by molar-refractivity contribution is 5.83. The highest BCUT2D eigenvalue weighted by Crippen LogP contribution is 2.20. The zero-order chi connectivity index (χ0) is 9.97. The van der Waals surface area contributed by atoms with E-state index >= 15 is 0 Å². The maximum atomic E-state index is 5.31. The zero-order valence-corrected chi connectivity index (χ0v) is 10.4. The average molecular weight is 268 g/mol. The average Bonchev–Trinajstić information content (AvgIpc) is 2.27. The third-order valence-electron chi connectivity index (χ3n) is 2.51. The minimum Gasteiger partial charge on any atom is -1.00 e. The molecular weight excluding hydrogens is 254 g/mol. The largest absolute Gasteiger partial charge is 1.00 e. The molecule has 0 fully saturated rings. The number of hydrogen-bond donors (Lipinski definition) is 0. The lowest BCUT2D eigenvalue weighted by Gasteiger charge is -2.06. The van der Waals surface area contributed by atoms with Gasteiger partial charge in [0.05, 0.1) is 5.39 Å². The van der Waals surface area contributed by atoms with Crippen LogP contribution in [-0.4, -0.2) is 7.11 Å². The molecule has 0 aliphatic heterocycles. The Morgan fingerprint density at radius 3 is 2.67 bits per heavy atom. The Morgan fingerprint density at radius 1 is 1.20 bits per heavy atom. The highest BCUT2D eigenvalue weighted by Gasteiger charge is 2.14. The smallest absolute Gasteiger partial charge is 0.216 e. The number of hydrogen-bond acceptors (Lipinski definition) is 1. The Balaban J connectivity index is 0.00000112. The number of halogens is 1. The van der Waals surface area contributed by atoms with Crippen LogP contribution in [-0.2, 0) is 4.74 Å². The van der Waals surface area contributed by atoms with E-state index in [-0.39, 0.29) is 23.1 Å². The van der Waals surface area contributed by atoms with Gasteiger partial charge in [0.2, 0.25) is 5.69 Å². The summed E-state index contributed by atoms with van der Waals surface area (Å²) in [6.07, 6.45) is 2.05. The fraction of sp³-hybridized carbons (Fsp3) is 0.250. The van der Waals surface area contributed by atoms with Crippen molar-refractivity contribution >= 4 is 10.8 Å². The molecule has 15 heavy (non-hydrogen) atoms. The van der Waals surface area contributed by atoms with Gasteiger partial charge in [0.15, 0.2) is 6.20 Å². The lowest BCUT2D eigenvalue weighted by Crippen LogP contribution is -3.00. The quantitative estimate of drug-likeness (QED) is 0.711. The fourth-order valence-corrected chi connectivity index (χ4v) is 1.64. The number of ether oxygens (including phenoxy) is 1. The lowest BCUT2D eigenvalue weighted by atomic mass is 10.1. The molecule has 1 atom stereocenters. The number of nitrogens with one attached hydrogen (secondary N) is 1. The van der Waals surface area contributed by atoms with Crippen molar-refractivity contribution in [2.24, 2.45) is 0 Å². The molecule has 1 aromatic carbocycles. The minimum absolute atomic E-state index is 0. The van der Waals surface area contributed by atoms with Crippen LogP contribution in [0.5, 0.6) is 0 Å². The van der Waals surface area contributed by atoms with Crippen molar-refractivity contribution in [2.45, 2.75) is 13.0 Å². The van der Waals surface area contributed by atoms with Crippen LogP contribution in [0.2, 0.25) is 0 Å². The molecule has 0 bridgehead atoms. The van der Waals surface area contributed by atoms with Crippen LogP contribution in [0, 0.1) is 0 Å². The Morgan fingerprint density at radius 2 is 1.93 bits per heavy atom. The fourth-order valence-electron chi connectivity index (χ4n) is 1.64. The van der Waals surface area contributed by atoms with Gasteiger partial charge < -0.3 is 21.7 Å². The summed E-state index contributed by atoms with van der Waals surface area (Å²) in [5.74, 6) is 0. The third kappa shape index (κ3) is 2.36. The normalized spacial score (nSPS) is 12.1. The summed E-state index contributed by atoms with van der Waals surface area (Å²) < 4.78 is 5.31. The summed E-state index contributed by atoms with van der Waals surface area (Å²) in [4.78, 5) is 3.24. The van der Waals surface area contributed by atoms with Crippen LogP contribution in [0.25, 0.3) is 10.8 Å². The van der Waals surface area contributed by atoms with Crippen molar-refractivity contribution in [2.75, 3.05) is 7.11 Å². The molecule has 0 aliphatic carbocycles. The predicted octanol–water partition coefficient (Wildman–Crippen LogP) is -0.635. The minimum atomic E-state index is 0. The highest BCUT2D eigenvalue weighted by atomic mass is 79.9. The van der Waals surface area contributed by atoms with E-state index in [0.717, 1.165) is 5.69 Å². The number of aromatic amines is 1. The molecule has 0 amide bonds. The number of fused-ring (bicyclic) bond motifs is 1. The molecule has 1 aromatic heterocycles. The molecule has 0 aliphatic rings. The molecule has 2 nitrogen and oxygen atoms in total. The molecule has 0 saturated carbocycles. The van der Waals surface area contributed by atoms with Gasteiger partial charge in [-0.2, -0.15) is 0 Å². The van der Waals surface area contributed by atoms with Gasteiger partial charge >= 0.3 is 0 Å². The monoisotopic (exact) mass is 267 g/mol. The predicted molar refractivity (Wildman–Crippen MR) is 55.9 cm³/mol. The van der Waals surface area contributed by atoms with Gasteiger partial charge in [-0.25, -0.2) is 4.98 Å². The van der Waals surface area contributed by atoms with Crippen molar-refractivity contribution in [1.82, 2.24) is 0 Å². The molecule has 0 spiro atoms. The summed E-state index contributed by atoms with van der Waals surface area (Å²) >= 11 is 0. The Bertz CT molecular complexity index is 439. The van der Waals surface area contributed by atoms with E-state index in [1.54, 1.807) is 7.11 Å². The van der Waals surface area contributed by atoms with Gasteiger partial charge in [-0.3, -0.25) is 0 Å². The standard InChI is InChI=1S/C12H13NO.BrH/c1-9(14-2)12-11-6-4-3-5-10(11)7-8-13-12;/h3-9H,1-2H3;1H. The second kappa shape index (κ2) is 5.24. The van der Waals surface area contributed by atoms with Gasteiger partial charge in [0, 0.05) is 13.2 Å². The van der Waals surface area contributed by atoms with Crippen molar-refractivity contribution in [3.05, 3.63) is 42.2 Å². The van der Waals surface area contributed by atoms with E-state index in [1.165, 1.54) is 10.8 Å². The van der Waals surface area contributed by atoms with E-state index in [4.69, 9.17) is 4.74 Å². The van der Waals surface area contributed by atoms with Crippen LogP contribution in [0.3, 0.4) is 0 Å². The first-order chi connectivity index (χ1) is 6.83. The maximum absolute atomic E-state index is 5.31. The van der Waals surface area contributed by atoms with E-state index in [1.807, 2.05) is 25.3 Å². The van der Waals surface area contributed by atoms with Gasteiger partial charge in [0.25, 0.3) is 0 Å². The number of pyridine rings is 1. The summed E-state index contributed by atoms with van der Waals surface area (Å²) in [7, 11) is 1.72. The summed E-state index contributed by atoms with van der Waals surface area (Å²) in [5.41, 5.74) is 1.13. The van der Waals surface area contributed by atoms with Crippen LogP contribution < -0.4 is 22.0 Å². The maximum Gasteiger partial charge on any atom is 0.216 e. The van der Waals surface area contributed by atoms with Gasteiger partial charge in [-0.05, 0) is 18.4 Å². The van der Waals surface area contributed by atoms with Crippen LogP contribution in [0.1, 0.15) is 18.7 Å². The molecule has 0 saturated heterocycles. The van der Waals surface area contributed by atoms with Gasteiger partial charge in [0.1, 0.15) is 6.10 Å². The number of benzene rings is 1. The summed E-state index contributed by atoms with van der Waals surface area (Å²) in [5, 5.41) is 2.47. The first-order valence-electron chi connectivity index (χ1n) is 4.75. The first-order valence-corrected chi connectivity index (χ1v) is 4.75. The van der Waals surface area contributed by atoms with E-state index < -0.39 is 0 Å². The SMILES string of the molecule is COC(C)c1[nH+]ccc2ccccc12.[Br-]. The lowest BCUT2D eigenvalue weighted by molar-refractivity contribution is -0.397. The zero-order valence-electron chi connectivity index (χ0n) is 8.83. The number of methoxy groups -OCH3 is 1. The van der Waals surface area contributed by atoms with Crippen LogP contribution >= 0.6 is 0 Å². The molecule has 1 N–H and O–H groups in total. The molecular formula is C12H14BrNO. The topological polar surface area (TPSA) is 23.4 Å². The Labute approximate surface area is 100 Å². The summed E-state index contributed by atoms with van der Waals surface area (Å²) in [6, 6.07) is 10.4. The first kappa shape index (κ1) is 12.1. The van der Waals surface area contributed by atoms with Crippen molar-refractivity contribution in [3.8, 4) is 0 Å². The molecule has 0 radical (unpaired) electrons. The van der Waals surface area contributed by atoms with E-state index in [9.17, 15) is 0 Å². The van der Waals surface area contributed by atoms with Crippen molar-refractivity contribution in [3.63, 3.8) is 0 Å². The molecule has 1 heterocycles. The second-order valence-electron chi connectivity index (χ2n) is 3.36. The number of H-pyrrole nitrogens is 1. The van der Waals surface area contributed by atoms with Gasteiger partial charge in [-0.1, -0.05) is 18.2 Å². The Kier molecular flexibility index (Phi) is 4.24. The summed E-state index contributed by atoms with van der Waals surface area (Å²) in [6.45, 7) is 2.04. The Hall–Kier alpha value is -0.930. The van der Waals surface area contributed by atoms with Crippen molar-refractivity contribution in [1.29, 1.82) is 0 Å². The molecule has 1 unspecified atom stereocenters. The third-order valence-corrected chi connectivity index (χ3v) is 2.51. The number of rotatable bonds is 2. The van der Waals surface area contributed by atoms with Crippen LogP contribution in [0.4, 0.5) is 0 Å². The van der Waals surface area contributed by atoms with E-state index in [0.29, 0.717) is 0 Å². The molecule has 3 heteroatoms. The van der Waals surface area contributed by atoms with Crippen LogP contribution in [0.15, 0.2) is 36.5 Å². The second-order valence-corrected chi connectivity index (χ2v) is 3.36. The number of aromatic nitrogens is 1. The van der Waals surface area contributed by atoms with Crippen molar-refractivity contribution < 1.29 is 26.7 Å². The molecule has 2 rings (SSSR count).